The van der Waals surface area contributed by atoms with Gasteiger partial charge in [-0.1, -0.05) is 5.16 Å². The van der Waals surface area contributed by atoms with Crippen LogP contribution in [0.1, 0.15) is 68.2 Å². The number of rotatable bonds is 10. The Morgan fingerprint density at radius 3 is 2.26 bits per heavy atom. The number of benzene rings is 1. The SMILES string of the molecule is COCCN(C(=O)c1cnc(N2CC(NC(=O)OC(C)(C)C)C(c3cc(F)c(F)cc3F)C2)nc1)C1CCN(c2nc(C(C)(F)F)no2)CC1. The number of methoxy groups -OCH3 is 1. The maximum Gasteiger partial charge on any atom is 0.407 e. The summed E-state index contributed by atoms with van der Waals surface area (Å²) in [4.78, 5) is 44.0. The lowest BCUT2D eigenvalue weighted by Gasteiger charge is -2.37. The average Bonchev–Trinajstić information content (AvgIpc) is 3.71. The number of aromatic nitrogens is 4. The molecule has 2 aliphatic heterocycles. The predicted octanol–water partition coefficient (Wildman–Crippen LogP) is 4.64. The predicted molar refractivity (Wildman–Crippen MR) is 168 cm³/mol. The molecule has 5 rings (SSSR count). The summed E-state index contributed by atoms with van der Waals surface area (Å²) in [5.74, 6) is -8.50. The second kappa shape index (κ2) is 14.7. The zero-order valence-corrected chi connectivity index (χ0v) is 28.3. The number of halogens is 5. The van der Waals surface area contributed by atoms with Crippen LogP contribution in [-0.2, 0) is 15.4 Å². The van der Waals surface area contributed by atoms with Gasteiger partial charge in [0.2, 0.25) is 11.8 Å². The number of nitrogens with zero attached hydrogens (tertiary/aromatic N) is 7. The fourth-order valence-corrected chi connectivity index (χ4v) is 6.00. The van der Waals surface area contributed by atoms with E-state index in [9.17, 15) is 31.5 Å². The van der Waals surface area contributed by atoms with Crippen LogP contribution >= 0.6 is 0 Å². The molecule has 2 aromatic heterocycles. The normalized spacial score (nSPS) is 18.8. The second-order valence-electron chi connectivity index (χ2n) is 13.3. The van der Waals surface area contributed by atoms with Gasteiger partial charge in [0.05, 0.1) is 18.2 Å². The molecule has 2 unspecified atom stereocenters. The first kappa shape index (κ1) is 36.7. The molecular formula is C32H39F5N8O5. The third kappa shape index (κ3) is 8.57. The molecule has 13 nitrogen and oxygen atoms in total. The Kier molecular flexibility index (Phi) is 10.8. The number of amides is 2. The van der Waals surface area contributed by atoms with Gasteiger partial charge >= 0.3 is 18.0 Å². The number of carbonyl (C=O) groups excluding carboxylic acids is 2. The van der Waals surface area contributed by atoms with Gasteiger partial charge in [-0.2, -0.15) is 13.8 Å². The first-order chi connectivity index (χ1) is 23.5. The van der Waals surface area contributed by atoms with Crippen molar-refractivity contribution in [3.8, 4) is 0 Å². The van der Waals surface area contributed by atoms with Crippen molar-refractivity contribution in [3.05, 3.63) is 58.9 Å². The molecule has 1 N–H and O–H groups in total. The summed E-state index contributed by atoms with van der Waals surface area (Å²) in [5.41, 5.74) is -0.774. The van der Waals surface area contributed by atoms with Crippen LogP contribution in [0.5, 0.6) is 0 Å². The second-order valence-corrected chi connectivity index (χ2v) is 13.3. The van der Waals surface area contributed by atoms with E-state index in [-0.39, 0.29) is 61.3 Å². The number of piperidine rings is 1. The van der Waals surface area contributed by atoms with Gasteiger partial charge in [0.1, 0.15) is 11.4 Å². The molecule has 2 aliphatic rings. The molecule has 50 heavy (non-hydrogen) atoms. The Morgan fingerprint density at radius 1 is 1.00 bits per heavy atom. The lowest BCUT2D eigenvalue weighted by molar-refractivity contribution is 0.00557. The lowest BCUT2D eigenvalue weighted by Crippen LogP contribution is -2.48. The summed E-state index contributed by atoms with van der Waals surface area (Å²) in [5, 5.41) is 6.08. The highest BCUT2D eigenvalue weighted by Crippen LogP contribution is 2.33. The Hall–Kier alpha value is -4.61. The fourth-order valence-electron chi connectivity index (χ4n) is 6.00. The van der Waals surface area contributed by atoms with Crippen LogP contribution in [0.4, 0.5) is 38.7 Å². The third-order valence-electron chi connectivity index (χ3n) is 8.41. The maximum atomic E-state index is 14.9. The van der Waals surface area contributed by atoms with Crippen molar-refractivity contribution >= 4 is 24.0 Å². The minimum Gasteiger partial charge on any atom is -0.444 e. The molecule has 0 spiro atoms. The first-order valence-electron chi connectivity index (χ1n) is 16.0. The van der Waals surface area contributed by atoms with Gasteiger partial charge in [-0.05, 0) is 45.2 Å². The summed E-state index contributed by atoms with van der Waals surface area (Å²) < 4.78 is 85.7. The molecule has 18 heteroatoms. The largest absolute Gasteiger partial charge is 0.444 e. The summed E-state index contributed by atoms with van der Waals surface area (Å²) >= 11 is 0. The van der Waals surface area contributed by atoms with Crippen LogP contribution in [0.25, 0.3) is 0 Å². The van der Waals surface area contributed by atoms with Crippen molar-refractivity contribution in [1.82, 2.24) is 30.3 Å². The van der Waals surface area contributed by atoms with Gasteiger partial charge < -0.3 is 34.0 Å². The van der Waals surface area contributed by atoms with Crippen molar-refractivity contribution in [2.24, 2.45) is 0 Å². The van der Waals surface area contributed by atoms with Gasteiger partial charge in [0, 0.05) is 77.2 Å². The quantitative estimate of drug-likeness (QED) is 0.233. The molecule has 4 heterocycles. The molecule has 0 saturated carbocycles. The van der Waals surface area contributed by atoms with Crippen LogP contribution in [0.2, 0.25) is 0 Å². The summed E-state index contributed by atoms with van der Waals surface area (Å²) in [7, 11) is 1.51. The highest BCUT2D eigenvalue weighted by Gasteiger charge is 2.39. The molecular weight excluding hydrogens is 671 g/mol. The number of anilines is 2. The Morgan fingerprint density at radius 2 is 1.66 bits per heavy atom. The van der Waals surface area contributed by atoms with E-state index in [1.807, 2.05) is 0 Å². The zero-order valence-electron chi connectivity index (χ0n) is 28.3. The van der Waals surface area contributed by atoms with Gasteiger partial charge in [0.15, 0.2) is 11.6 Å². The lowest BCUT2D eigenvalue weighted by atomic mass is 9.93. The van der Waals surface area contributed by atoms with Crippen LogP contribution < -0.4 is 15.1 Å². The van der Waals surface area contributed by atoms with E-state index in [2.05, 4.69) is 25.4 Å². The maximum absolute atomic E-state index is 14.9. The number of carbonyl (C=O) groups is 2. The number of hydrogen-bond acceptors (Lipinski definition) is 11. The van der Waals surface area contributed by atoms with Crippen LogP contribution in [0, 0.1) is 17.5 Å². The summed E-state index contributed by atoms with van der Waals surface area (Å²) in [6.45, 7) is 7.10. The van der Waals surface area contributed by atoms with E-state index in [1.54, 1.807) is 35.5 Å². The highest BCUT2D eigenvalue weighted by molar-refractivity contribution is 5.94. The molecule has 0 aliphatic carbocycles. The Labute approximate surface area is 285 Å². The Balaban J connectivity index is 1.29. The molecule has 0 bridgehead atoms. The van der Waals surface area contributed by atoms with Crippen molar-refractivity contribution in [2.75, 3.05) is 56.2 Å². The average molecular weight is 711 g/mol. The zero-order chi connectivity index (χ0) is 36.4. The van der Waals surface area contributed by atoms with E-state index in [1.165, 1.54) is 19.5 Å². The highest BCUT2D eigenvalue weighted by atomic mass is 19.3. The molecule has 0 radical (unpaired) electrons. The van der Waals surface area contributed by atoms with Crippen molar-refractivity contribution < 1.29 is 45.5 Å². The summed E-state index contributed by atoms with van der Waals surface area (Å²) in [6.07, 6.45) is 2.90. The smallest absolute Gasteiger partial charge is 0.407 e. The van der Waals surface area contributed by atoms with E-state index in [0.717, 1.165) is 6.07 Å². The van der Waals surface area contributed by atoms with E-state index in [0.29, 0.717) is 38.9 Å². The topological polar surface area (TPSA) is 139 Å². The standard InChI is InChI=1S/C32H39F5N8O5/c1-31(2,3)49-30(47)40-25-17-44(16-21(25)20-12-23(34)24(35)13-22(20)33)28-38-14-18(15-39-28)26(46)45(10-11-48-5)19-6-8-43(9-7-19)29-41-27(42-50-29)32(4,36)37/h12-15,19,21,25H,6-11,16-17H2,1-5H3,(H,40,47). The molecule has 2 fully saturated rings. The number of nitrogens with one attached hydrogen (secondary N) is 1. The van der Waals surface area contributed by atoms with E-state index < -0.39 is 52.9 Å². The van der Waals surface area contributed by atoms with Crippen molar-refractivity contribution in [2.45, 2.75) is 70.1 Å². The minimum atomic E-state index is -3.24. The molecule has 2 atom stereocenters. The fraction of sp³-hybridized carbons (Fsp3) is 0.562. The van der Waals surface area contributed by atoms with Crippen LogP contribution in [0.15, 0.2) is 29.0 Å². The molecule has 3 aromatic rings. The van der Waals surface area contributed by atoms with Gasteiger partial charge in [0.25, 0.3) is 5.91 Å². The number of ether oxygens (including phenoxy) is 2. The Bertz CT molecular complexity index is 1660. The molecule has 1 aromatic carbocycles. The van der Waals surface area contributed by atoms with Gasteiger partial charge in [-0.3, -0.25) is 4.79 Å². The third-order valence-corrected chi connectivity index (χ3v) is 8.41. The van der Waals surface area contributed by atoms with Crippen molar-refractivity contribution in [1.29, 1.82) is 0 Å². The van der Waals surface area contributed by atoms with Crippen LogP contribution in [0.3, 0.4) is 0 Å². The van der Waals surface area contributed by atoms with Crippen molar-refractivity contribution in [3.63, 3.8) is 0 Å². The monoisotopic (exact) mass is 710 g/mol. The molecule has 2 amide bonds. The van der Waals surface area contributed by atoms with Crippen LogP contribution in [-0.4, -0.2) is 101 Å². The summed E-state index contributed by atoms with van der Waals surface area (Å²) in [6, 6.07) is 0.199. The number of alkyl halides is 2. The number of alkyl carbamates (subject to hydrolysis) is 1. The first-order valence-corrected chi connectivity index (χ1v) is 16.0. The number of hydrogen-bond donors (Lipinski definition) is 1. The van der Waals surface area contributed by atoms with Gasteiger partial charge in [-0.25, -0.2) is 27.9 Å². The minimum absolute atomic E-state index is 0.0151. The van der Waals surface area contributed by atoms with E-state index >= 15 is 0 Å². The molecule has 272 valence electrons. The molecule has 2 saturated heterocycles. The van der Waals surface area contributed by atoms with E-state index in [4.69, 9.17) is 14.0 Å². The van der Waals surface area contributed by atoms with Gasteiger partial charge in [-0.15, -0.1) is 0 Å².